The second-order valence-electron chi connectivity index (χ2n) is 9.67. The number of phenols is 1. The molecule has 2 heterocycles. The van der Waals surface area contributed by atoms with Gasteiger partial charge in [-0.05, 0) is 45.4 Å². The number of aromatic nitrogens is 2. The van der Waals surface area contributed by atoms with Crippen LogP contribution < -0.4 is 19.9 Å². The third kappa shape index (κ3) is 4.52. The van der Waals surface area contributed by atoms with Crippen LogP contribution in [0.25, 0.3) is 0 Å². The fraction of sp³-hybridized carbons (Fsp3) is 0.560. The minimum Gasteiger partial charge on any atom is -0.505 e. The minimum absolute atomic E-state index is 0.107. The summed E-state index contributed by atoms with van der Waals surface area (Å²) in [5, 5.41) is 23.2. The molecule has 0 atom stereocenters. The number of hydrogen-bond acceptors (Lipinski definition) is 7. The molecule has 2 fully saturated rings. The standard InChI is InChI=1S/C25H31F2N5O4/c1-2-36-19-11-18(34)20(26)22(21(19)27)31-13-14-12-28-24(29-15-7-9-17(33)10-8-15)30-23(14)32(25(31)35)16-5-3-4-6-16/h11-12,15-17,33-34H,2-10,13H2,1H3,(H,28,29,30). The Morgan fingerprint density at radius 2 is 1.86 bits per heavy atom. The van der Waals surface area contributed by atoms with Crippen LogP contribution in [0.1, 0.15) is 63.9 Å². The Hall–Kier alpha value is -3.21. The summed E-state index contributed by atoms with van der Waals surface area (Å²) in [5.74, 6) is -2.58. The van der Waals surface area contributed by atoms with Crippen LogP contribution >= 0.6 is 0 Å². The van der Waals surface area contributed by atoms with Crippen molar-refractivity contribution in [3.05, 3.63) is 29.5 Å². The van der Waals surface area contributed by atoms with Crippen LogP contribution in [0.2, 0.25) is 0 Å². The molecule has 3 aliphatic rings. The molecule has 0 bridgehead atoms. The maximum Gasteiger partial charge on any atom is 0.330 e. The van der Waals surface area contributed by atoms with Crippen molar-refractivity contribution < 1.29 is 28.5 Å². The summed E-state index contributed by atoms with van der Waals surface area (Å²) in [4.78, 5) is 25.4. The van der Waals surface area contributed by atoms with Crippen LogP contribution in [0.4, 0.5) is 31.0 Å². The Balaban J connectivity index is 1.52. The number of nitrogens with one attached hydrogen (secondary N) is 1. The number of urea groups is 1. The molecule has 1 aromatic carbocycles. The number of ether oxygens (including phenoxy) is 1. The van der Waals surface area contributed by atoms with E-state index in [4.69, 9.17) is 4.74 Å². The number of benzene rings is 1. The van der Waals surface area contributed by atoms with Gasteiger partial charge in [0.1, 0.15) is 11.5 Å². The van der Waals surface area contributed by atoms with E-state index in [0.29, 0.717) is 30.2 Å². The SMILES string of the molecule is CCOc1cc(O)c(F)c(N2Cc3cnc(NC4CCC(O)CC4)nc3N(C3CCCC3)C2=O)c1F. The van der Waals surface area contributed by atoms with E-state index in [-0.39, 0.29) is 37.1 Å². The summed E-state index contributed by atoms with van der Waals surface area (Å²) in [6, 6.07) is 0.224. The van der Waals surface area contributed by atoms with E-state index in [1.54, 1.807) is 13.1 Å². The highest BCUT2D eigenvalue weighted by Crippen LogP contribution is 2.42. The van der Waals surface area contributed by atoms with E-state index in [9.17, 15) is 15.0 Å². The number of halogens is 2. The summed E-state index contributed by atoms with van der Waals surface area (Å²) < 4.78 is 35.6. The lowest BCUT2D eigenvalue weighted by Crippen LogP contribution is -2.52. The number of aromatic hydroxyl groups is 1. The first-order valence-corrected chi connectivity index (χ1v) is 12.6. The number of anilines is 3. The van der Waals surface area contributed by atoms with Crippen molar-refractivity contribution in [3.63, 3.8) is 0 Å². The van der Waals surface area contributed by atoms with E-state index >= 15 is 8.78 Å². The number of carbonyl (C=O) groups excluding carboxylic acids is 1. The molecule has 0 saturated heterocycles. The zero-order valence-electron chi connectivity index (χ0n) is 20.2. The number of fused-ring (bicyclic) bond motifs is 1. The zero-order chi connectivity index (χ0) is 25.4. The predicted molar refractivity (Wildman–Crippen MR) is 129 cm³/mol. The van der Waals surface area contributed by atoms with Crippen molar-refractivity contribution in [2.45, 2.75) is 83.0 Å². The van der Waals surface area contributed by atoms with Crippen LogP contribution in [0.5, 0.6) is 11.5 Å². The number of aliphatic hydroxyl groups excluding tert-OH is 1. The number of nitrogens with zero attached hydrogens (tertiary/aromatic N) is 4. The van der Waals surface area contributed by atoms with E-state index in [0.717, 1.165) is 49.5 Å². The molecule has 5 rings (SSSR count). The largest absolute Gasteiger partial charge is 0.505 e. The van der Waals surface area contributed by atoms with Gasteiger partial charge < -0.3 is 20.3 Å². The number of hydrogen-bond donors (Lipinski definition) is 3. The van der Waals surface area contributed by atoms with E-state index in [1.807, 2.05) is 0 Å². The van der Waals surface area contributed by atoms with Gasteiger partial charge in [0.25, 0.3) is 0 Å². The highest BCUT2D eigenvalue weighted by molar-refractivity contribution is 6.06. The molecule has 1 aromatic heterocycles. The summed E-state index contributed by atoms with van der Waals surface area (Å²) >= 11 is 0. The third-order valence-corrected chi connectivity index (χ3v) is 7.25. The average molecular weight is 504 g/mol. The van der Waals surface area contributed by atoms with Crippen molar-refractivity contribution in [1.82, 2.24) is 9.97 Å². The first-order valence-electron chi connectivity index (χ1n) is 12.6. The molecular formula is C25H31F2N5O4. The van der Waals surface area contributed by atoms with Crippen molar-refractivity contribution in [2.24, 2.45) is 0 Å². The van der Waals surface area contributed by atoms with Gasteiger partial charge in [-0.2, -0.15) is 4.98 Å². The highest BCUT2D eigenvalue weighted by Gasteiger charge is 2.41. The van der Waals surface area contributed by atoms with Gasteiger partial charge in [0.15, 0.2) is 23.1 Å². The third-order valence-electron chi connectivity index (χ3n) is 7.25. The van der Waals surface area contributed by atoms with Gasteiger partial charge >= 0.3 is 6.03 Å². The lowest BCUT2D eigenvalue weighted by molar-refractivity contribution is 0.126. The smallest absolute Gasteiger partial charge is 0.330 e. The van der Waals surface area contributed by atoms with Crippen LogP contribution in [-0.4, -0.2) is 51.0 Å². The summed E-state index contributed by atoms with van der Waals surface area (Å²) in [6.45, 7) is 1.59. The maximum absolute atomic E-state index is 15.3. The Bertz CT molecular complexity index is 1140. The zero-order valence-corrected chi connectivity index (χ0v) is 20.2. The minimum atomic E-state index is -1.22. The number of amides is 2. The van der Waals surface area contributed by atoms with Gasteiger partial charge in [0.05, 0.1) is 19.3 Å². The van der Waals surface area contributed by atoms with E-state index in [1.165, 1.54) is 4.90 Å². The number of rotatable bonds is 6. The summed E-state index contributed by atoms with van der Waals surface area (Å²) in [7, 11) is 0. The number of phenolic OH excluding ortho intramolecular Hbond substituents is 1. The Labute approximate surface area is 208 Å². The Morgan fingerprint density at radius 3 is 2.56 bits per heavy atom. The lowest BCUT2D eigenvalue weighted by atomic mass is 9.93. The normalized spacial score (nSPS) is 22.6. The molecular weight excluding hydrogens is 472 g/mol. The van der Waals surface area contributed by atoms with Crippen LogP contribution in [0.3, 0.4) is 0 Å². The van der Waals surface area contributed by atoms with Gasteiger partial charge in [-0.1, -0.05) is 12.8 Å². The van der Waals surface area contributed by atoms with Crippen LogP contribution in [0, 0.1) is 11.6 Å². The highest BCUT2D eigenvalue weighted by atomic mass is 19.1. The Morgan fingerprint density at radius 1 is 1.14 bits per heavy atom. The summed E-state index contributed by atoms with van der Waals surface area (Å²) in [5.41, 5.74) is -0.105. The van der Waals surface area contributed by atoms with Crippen molar-refractivity contribution in [1.29, 1.82) is 0 Å². The topological polar surface area (TPSA) is 111 Å². The molecule has 9 nitrogen and oxygen atoms in total. The molecule has 0 radical (unpaired) electrons. The molecule has 0 spiro atoms. The van der Waals surface area contributed by atoms with E-state index in [2.05, 4.69) is 15.3 Å². The molecule has 2 saturated carbocycles. The molecule has 36 heavy (non-hydrogen) atoms. The fourth-order valence-corrected chi connectivity index (χ4v) is 5.40. The number of carbonyl (C=O) groups is 1. The Kier molecular flexibility index (Phi) is 6.83. The predicted octanol–water partition coefficient (Wildman–Crippen LogP) is 4.46. The lowest BCUT2D eigenvalue weighted by Gasteiger charge is -2.39. The second-order valence-corrected chi connectivity index (χ2v) is 9.67. The van der Waals surface area contributed by atoms with Gasteiger partial charge in [0.2, 0.25) is 5.95 Å². The number of aliphatic hydroxyl groups is 1. The van der Waals surface area contributed by atoms with Gasteiger partial charge in [0, 0.05) is 29.9 Å². The maximum atomic E-state index is 15.3. The summed E-state index contributed by atoms with van der Waals surface area (Å²) in [6.07, 6.45) is 7.66. The molecule has 1 aliphatic heterocycles. The van der Waals surface area contributed by atoms with Crippen molar-refractivity contribution in [3.8, 4) is 11.5 Å². The first-order chi connectivity index (χ1) is 17.4. The van der Waals surface area contributed by atoms with Gasteiger partial charge in [-0.15, -0.1) is 0 Å². The van der Waals surface area contributed by atoms with Crippen molar-refractivity contribution >= 4 is 23.5 Å². The molecule has 11 heteroatoms. The molecule has 0 unspecified atom stereocenters. The van der Waals surface area contributed by atoms with Gasteiger partial charge in [-0.3, -0.25) is 9.80 Å². The second kappa shape index (κ2) is 10.0. The van der Waals surface area contributed by atoms with Crippen molar-refractivity contribution in [2.75, 3.05) is 21.7 Å². The van der Waals surface area contributed by atoms with Crippen LogP contribution in [-0.2, 0) is 6.54 Å². The quantitative estimate of drug-likeness (QED) is 0.534. The average Bonchev–Trinajstić information content (AvgIpc) is 3.39. The molecule has 2 aromatic rings. The fourth-order valence-electron chi connectivity index (χ4n) is 5.40. The van der Waals surface area contributed by atoms with Gasteiger partial charge in [-0.25, -0.2) is 18.6 Å². The molecule has 3 N–H and O–H groups in total. The molecule has 2 aliphatic carbocycles. The monoisotopic (exact) mass is 503 g/mol. The molecule has 2 amide bonds. The molecule has 194 valence electrons. The van der Waals surface area contributed by atoms with Crippen LogP contribution in [0.15, 0.2) is 12.3 Å². The first kappa shape index (κ1) is 24.5. The van der Waals surface area contributed by atoms with E-state index < -0.39 is 29.1 Å².